The highest BCUT2D eigenvalue weighted by Gasteiger charge is 2.17. The number of hydrogen-bond acceptors (Lipinski definition) is 4. The second kappa shape index (κ2) is 3.06. The molecule has 5 heteroatoms. The molecule has 0 bridgehead atoms. The molecule has 0 unspecified atom stereocenters. The smallest absolute Gasteiger partial charge is 0.449 e. The van der Waals surface area contributed by atoms with E-state index in [1.54, 1.807) is 0 Å². The van der Waals surface area contributed by atoms with Crippen LogP contribution in [0.5, 0.6) is 0 Å². The molecule has 60 valence electrons. The van der Waals surface area contributed by atoms with Gasteiger partial charge in [-0.15, -0.1) is 0 Å². The van der Waals surface area contributed by atoms with Crippen molar-refractivity contribution in [2.24, 2.45) is 0 Å². The quantitative estimate of drug-likeness (QED) is 0.563. The molecule has 0 aliphatic rings. The van der Waals surface area contributed by atoms with Crippen molar-refractivity contribution in [2.45, 2.75) is 19.8 Å². The number of nitrogens with zero attached hydrogens (tertiary/aromatic N) is 1. The zero-order chi connectivity index (χ0) is 8.43. The summed E-state index contributed by atoms with van der Waals surface area (Å²) in [6, 6.07) is 0. The number of oxazole rings is 1. The normalized spacial score (nSPS) is 10.6. The van der Waals surface area contributed by atoms with Crippen LogP contribution in [0.2, 0.25) is 0 Å². The van der Waals surface area contributed by atoms with Gasteiger partial charge in [-0.1, -0.05) is 13.8 Å². The lowest BCUT2D eigenvalue weighted by Crippen LogP contribution is -2.30. The van der Waals surface area contributed by atoms with Gasteiger partial charge in [0.25, 0.3) is 0 Å². The first-order chi connectivity index (χ1) is 5.11. The Balaban J connectivity index is 2.82. The summed E-state index contributed by atoms with van der Waals surface area (Å²) < 4.78 is 4.96. The van der Waals surface area contributed by atoms with E-state index in [1.165, 1.54) is 6.26 Å². The molecule has 0 radical (unpaired) electrons. The molecule has 0 aliphatic carbocycles. The molecular weight excluding hydrogens is 145 g/mol. The van der Waals surface area contributed by atoms with Crippen LogP contribution in [-0.2, 0) is 0 Å². The fourth-order valence-corrected chi connectivity index (χ4v) is 0.684. The molecule has 11 heavy (non-hydrogen) atoms. The standard InChI is InChI=1S/C6H10BNO3/c1-4(2)6-8-5(3-11-6)7(9)10/h3-4,9-10H,1-2H3. The molecule has 0 aliphatic heterocycles. The van der Waals surface area contributed by atoms with Crippen LogP contribution >= 0.6 is 0 Å². The van der Waals surface area contributed by atoms with Gasteiger partial charge < -0.3 is 14.5 Å². The lowest BCUT2D eigenvalue weighted by molar-refractivity contribution is 0.424. The van der Waals surface area contributed by atoms with E-state index in [1.807, 2.05) is 13.8 Å². The van der Waals surface area contributed by atoms with Gasteiger partial charge in [-0.3, -0.25) is 0 Å². The van der Waals surface area contributed by atoms with Crippen LogP contribution in [0, 0.1) is 0 Å². The first kappa shape index (κ1) is 8.29. The molecule has 1 heterocycles. The fraction of sp³-hybridized carbons (Fsp3) is 0.500. The minimum absolute atomic E-state index is 0.161. The van der Waals surface area contributed by atoms with Crippen LogP contribution in [0.25, 0.3) is 0 Å². The number of hydrogen-bond donors (Lipinski definition) is 2. The molecule has 0 amide bonds. The summed E-state index contributed by atoms with van der Waals surface area (Å²) in [7, 11) is -1.54. The van der Waals surface area contributed by atoms with Crippen LogP contribution in [0.15, 0.2) is 10.7 Å². The molecule has 0 saturated heterocycles. The molecule has 1 aromatic rings. The van der Waals surface area contributed by atoms with E-state index < -0.39 is 7.12 Å². The van der Waals surface area contributed by atoms with Crippen molar-refractivity contribution in [2.75, 3.05) is 0 Å². The average molecular weight is 155 g/mol. The fourth-order valence-electron chi connectivity index (χ4n) is 0.684. The molecule has 4 nitrogen and oxygen atoms in total. The molecule has 1 aromatic heterocycles. The molecule has 0 atom stereocenters. The summed E-state index contributed by atoms with van der Waals surface area (Å²) >= 11 is 0. The Morgan fingerprint density at radius 2 is 2.18 bits per heavy atom. The van der Waals surface area contributed by atoms with E-state index in [-0.39, 0.29) is 11.5 Å². The Morgan fingerprint density at radius 3 is 2.45 bits per heavy atom. The highest BCUT2D eigenvalue weighted by Crippen LogP contribution is 2.08. The Kier molecular flexibility index (Phi) is 2.31. The van der Waals surface area contributed by atoms with Gasteiger partial charge in [-0.05, 0) is 0 Å². The Bertz CT molecular complexity index is 211. The summed E-state index contributed by atoms with van der Waals surface area (Å²) in [4.78, 5) is 3.84. The third-order valence-corrected chi connectivity index (χ3v) is 1.30. The minimum Gasteiger partial charge on any atom is -0.449 e. The molecule has 2 N–H and O–H groups in total. The van der Waals surface area contributed by atoms with Gasteiger partial charge in [0.2, 0.25) is 0 Å². The largest absolute Gasteiger partial charge is 0.511 e. The summed E-state index contributed by atoms with van der Waals surface area (Å²) in [5.74, 6) is 0.690. The van der Waals surface area contributed by atoms with Gasteiger partial charge in [0.05, 0.1) is 0 Å². The van der Waals surface area contributed by atoms with E-state index in [4.69, 9.17) is 14.5 Å². The van der Waals surface area contributed by atoms with Gasteiger partial charge in [-0.25, -0.2) is 4.98 Å². The molecule has 0 aromatic carbocycles. The van der Waals surface area contributed by atoms with Crippen LogP contribution in [-0.4, -0.2) is 22.2 Å². The Morgan fingerprint density at radius 1 is 1.55 bits per heavy atom. The Labute approximate surface area is 65.0 Å². The first-order valence-corrected chi connectivity index (χ1v) is 3.42. The van der Waals surface area contributed by atoms with Crippen molar-refractivity contribution in [1.29, 1.82) is 0 Å². The van der Waals surface area contributed by atoms with Crippen LogP contribution < -0.4 is 5.59 Å². The topological polar surface area (TPSA) is 66.5 Å². The van der Waals surface area contributed by atoms with Crippen molar-refractivity contribution in [1.82, 2.24) is 4.98 Å². The van der Waals surface area contributed by atoms with E-state index in [0.29, 0.717) is 5.89 Å². The predicted octanol–water partition coefficient (Wildman–Crippen LogP) is -0.522. The zero-order valence-electron chi connectivity index (χ0n) is 6.48. The second-order valence-corrected chi connectivity index (χ2v) is 2.64. The Hall–Kier alpha value is -0.805. The van der Waals surface area contributed by atoms with Crippen molar-refractivity contribution in [3.8, 4) is 0 Å². The minimum atomic E-state index is -1.54. The maximum atomic E-state index is 8.65. The monoisotopic (exact) mass is 155 g/mol. The molecule has 0 fully saturated rings. The maximum absolute atomic E-state index is 8.65. The molecule has 0 saturated carbocycles. The third-order valence-electron chi connectivity index (χ3n) is 1.30. The van der Waals surface area contributed by atoms with Gasteiger partial charge in [0.15, 0.2) is 5.89 Å². The van der Waals surface area contributed by atoms with Crippen LogP contribution in [0.3, 0.4) is 0 Å². The predicted molar refractivity (Wildman–Crippen MR) is 40.4 cm³/mol. The lowest BCUT2D eigenvalue weighted by atomic mass is 9.87. The SMILES string of the molecule is CC(C)c1nc(B(O)O)co1. The lowest BCUT2D eigenvalue weighted by Gasteiger charge is -1.94. The zero-order valence-corrected chi connectivity index (χ0v) is 6.48. The highest BCUT2D eigenvalue weighted by molar-refractivity contribution is 6.57. The van der Waals surface area contributed by atoms with Crippen LogP contribution in [0.1, 0.15) is 25.7 Å². The molecule has 0 spiro atoms. The van der Waals surface area contributed by atoms with Gasteiger partial charge in [0.1, 0.15) is 11.9 Å². The summed E-state index contributed by atoms with van der Waals surface area (Å²) in [6.07, 6.45) is 1.25. The van der Waals surface area contributed by atoms with Crippen molar-refractivity contribution >= 4 is 12.7 Å². The summed E-state index contributed by atoms with van der Waals surface area (Å²) in [5, 5.41) is 17.3. The van der Waals surface area contributed by atoms with E-state index in [9.17, 15) is 0 Å². The van der Waals surface area contributed by atoms with Crippen molar-refractivity contribution in [3.63, 3.8) is 0 Å². The van der Waals surface area contributed by atoms with E-state index >= 15 is 0 Å². The molecule has 1 rings (SSSR count). The van der Waals surface area contributed by atoms with Crippen molar-refractivity contribution in [3.05, 3.63) is 12.2 Å². The van der Waals surface area contributed by atoms with E-state index in [2.05, 4.69) is 4.98 Å². The number of rotatable bonds is 2. The van der Waals surface area contributed by atoms with Gasteiger partial charge in [-0.2, -0.15) is 0 Å². The first-order valence-electron chi connectivity index (χ1n) is 3.42. The number of aromatic nitrogens is 1. The van der Waals surface area contributed by atoms with Crippen molar-refractivity contribution < 1.29 is 14.5 Å². The average Bonchev–Trinajstić information content (AvgIpc) is 2.33. The third kappa shape index (κ3) is 1.81. The second-order valence-electron chi connectivity index (χ2n) is 2.64. The van der Waals surface area contributed by atoms with E-state index in [0.717, 1.165) is 0 Å². The van der Waals surface area contributed by atoms with Crippen LogP contribution in [0.4, 0.5) is 0 Å². The van der Waals surface area contributed by atoms with Gasteiger partial charge in [0, 0.05) is 5.92 Å². The summed E-state index contributed by atoms with van der Waals surface area (Å²) in [6.45, 7) is 3.83. The molecular formula is C6H10BNO3. The highest BCUT2D eigenvalue weighted by atomic mass is 16.4. The summed E-state index contributed by atoms with van der Waals surface area (Å²) in [5.41, 5.74) is 0.161. The maximum Gasteiger partial charge on any atom is 0.511 e. The van der Waals surface area contributed by atoms with Gasteiger partial charge >= 0.3 is 7.12 Å².